The molecule has 0 bridgehead atoms. The maximum atomic E-state index is 3.60. The lowest BCUT2D eigenvalue weighted by molar-refractivity contribution is 0.0981. The van der Waals surface area contributed by atoms with E-state index < -0.39 is 0 Å². The molecule has 2 heteroatoms. The summed E-state index contributed by atoms with van der Waals surface area (Å²) in [6.45, 7) is 13.3. The molecule has 0 aromatic carbocycles. The maximum Gasteiger partial charge on any atom is 0.0123 e. The number of nitrogens with one attached hydrogen (secondary N) is 1. The van der Waals surface area contributed by atoms with E-state index in [-0.39, 0.29) is 0 Å². The Morgan fingerprint density at radius 1 is 1.17 bits per heavy atom. The van der Waals surface area contributed by atoms with Crippen molar-refractivity contribution in [2.24, 2.45) is 17.8 Å². The van der Waals surface area contributed by atoms with Crippen LogP contribution in [0.25, 0.3) is 0 Å². The van der Waals surface area contributed by atoms with E-state index in [2.05, 4.69) is 37.9 Å². The van der Waals surface area contributed by atoms with E-state index in [0.717, 1.165) is 23.8 Å². The molecule has 1 saturated heterocycles. The summed E-state index contributed by atoms with van der Waals surface area (Å²) in [4.78, 5) is 2.80. The van der Waals surface area contributed by atoms with Gasteiger partial charge in [-0.15, -0.1) is 0 Å². The minimum absolute atomic E-state index is 0.632. The lowest BCUT2D eigenvalue weighted by Crippen LogP contribution is -2.43. The third-order valence-corrected chi connectivity index (χ3v) is 5.26. The fraction of sp³-hybridized carbons (Fsp3) is 1.00. The molecule has 1 N–H and O–H groups in total. The molecular formula is C16H32N2. The summed E-state index contributed by atoms with van der Waals surface area (Å²) in [7, 11) is 0. The number of rotatable bonds is 4. The molecule has 1 aliphatic heterocycles. The van der Waals surface area contributed by atoms with Gasteiger partial charge in [-0.3, -0.25) is 4.90 Å². The Labute approximate surface area is 114 Å². The van der Waals surface area contributed by atoms with Gasteiger partial charge in [0.2, 0.25) is 0 Å². The Kier molecular flexibility index (Phi) is 5.08. The molecule has 106 valence electrons. The Bertz CT molecular complexity index is 251. The van der Waals surface area contributed by atoms with Gasteiger partial charge in [0.05, 0.1) is 0 Å². The Morgan fingerprint density at radius 2 is 1.94 bits per heavy atom. The normalized spacial score (nSPS) is 38.5. The monoisotopic (exact) mass is 252 g/mol. The fourth-order valence-corrected chi connectivity index (χ4v) is 3.80. The molecule has 0 aromatic heterocycles. The van der Waals surface area contributed by atoms with Crippen molar-refractivity contribution in [3.63, 3.8) is 0 Å². The molecule has 0 radical (unpaired) electrons. The van der Waals surface area contributed by atoms with E-state index >= 15 is 0 Å². The minimum Gasteiger partial charge on any atom is -0.314 e. The standard InChI is InChI=1S/C16H32N2/c1-12(2)17-10-15-8-9-18(11-15)16-7-5-6-13(3)14(16)4/h12-17H,5-11H2,1-4H3. The number of hydrogen-bond acceptors (Lipinski definition) is 2. The first-order valence-corrected chi connectivity index (χ1v) is 8.05. The van der Waals surface area contributed by atoms with E-state index in [4.69, 9.17) is 0 Å². The third kappa shape index (κ3) is 3.48. The highest BCUT2D eigenvalue weighted by molar-refractivity contribution is 4.89. The highest BCUT2D eigenvalue weighted by atomic mass is 15.2. The van der Waals surface area contributed by atoms with Crippen LogP contribution < -0.4 is 5.32 Å². The molecule has 18 heavy (non-hydrogen) atoms. The minimum atomic E-state index is 0.632. The van der Waals surface area contributed by atoms with E-state index in [9.17, 15) is 0 Å². The Balaban J connectivity index is 1.80. The zero-order chi connectivity index (χ0) is 13.1. The largest absolute Gasteiger partial charge is 0.314 e. The number of hydrogen-bond donors (Lipinski definition) is 1. The van der Waals surface area contributed by atoms with Crippen LogP contribution in [0.1, 0.15) is 53.4 Å². The SMILES string of the molecule is CC(C)NCC1CCN(C2CCCC(C)C2C)C1. The van der Waals surface area contributed by atoms with Crippen molar-refractivity contribution >= 4 is 0 Å². The summed E-state index contributed by atoms with van der Waals surface area (Å²) in [5, 5.41) is 3.60. The van der Waals surface area contributed by atoms with Crippen molar-refractivity contribution in [3.8, 4) is 0 Å². The second-order valence-corrected chi connectivity index (χ2v) is 7.05. The van der Waals surface area contributed by atoms with Crippen LogP contribution in [0.2, 0.25) is 0 Å². The van der Waals surface area contributed by atoms with Gasteiger partial charge in [-0.05, 0) is 43.7 Å². The molecule has 0 aromatic rings. The van der Waals surface area contributed by atoms with Crippen LogP contribution in [0.5, 0.6) is 0 Å². The number of likely N-dealkylation sites (tertiary alicyclic amines) is 1. The van der Waals surface area contributed by atoms with Gasteiger partial charge < -0.3 is 5.32 Å². The molecule has 1 saturated carbocycles. The summed E-state index contributed by atoms with van der Waals surface area (Å²) in [5.74, 6) is 2.71. The first-order valence-electron chi connectivity index (χ1n) is 8.05. The van der Waals surface area contributed by atoms with Gasteiger partial charge in [-0.1, -0.05) is 40.5 Å². The molecule has 4 unspecified atom stereocenters. The zero-order valence-corrected chi connectivity index (χ0v) is 12.8. The summed E-state index contributed by atoms with van der Waals surface area (Å²) in [5.41, 5.74) is 0. The van der Waals surface area contributed by atoms with Gasteiger partial charge in [0.15, 0.2) is 0 Å². The van der Waals surface area contributed by atoms with Gasteiger partial charge >= 0.3 is 0 Å². The third-order valence-electron chi connectivity index (χ3n) is 5.26. The summed E-state index contributed by atoms with van der Waals surface area (Å²) >= 11 is 0. The second kappa shape index (κ2) is 6.38. The van der Waals surface area contributed by atoms with Gasteiger partial charge in [-0.2, -0.15) is 0 Å². The van der Waals surface area contributed by atoms with Crippen molar-refractivity contribution < 1.29 is 0 Å². The van der Waals surface area contributed by atoms with Gasteiger partial charge in [0.25, 0.3) is 0 Å². The molecule has 1 aliphatic carbocycles. The molecular weight excluding hydrogens is 220 g/mol. The predicted molar refractivity (Wildman–Crippen MR) is 78.8 cm³/mol. The molecule has 2 fully saturated rings. The molecule has 2 nitrogen and oxygen atoms in total. The Morgan fingerprint density at radius 3 is 2.67 bits per heavy atom. The lowest BCUT2D eigenvalue weighted by atomic mass is 9.77. The predicted octanol–water partition coefficient (Wildman–Crippen LogP) is 3.13. The topological polar surface area (TPSA) is 15.3 Å². The second-order valence-electron chi connectivity index (χ2n) is 7.05. The van der Waals surface area contributed by atoms with Gasteiger partial charge in [0, 0.05) is 18.6 Å². The van der Waals surface area contributed by atoms with Crippen LogP contribution in [0.3, 0.4) is 0 Å². The molecule has 2 aliphatic rings. The van der Waals surface area contributed by atoms with Crippen molar-refractivity contribution in [2.75, 3.05) is 19.6 Å². The quantitative estimate of drug-likeness (QED) is 0.827. The molecule has 4 atom stereocenters. The maximum absolute atomic E-state index is 3.60. The number of nitrogens with zero attached hydrogens (tertiary/aromatic N) is 1. The summed E-state index contributed by atoms with van der Waals surface area (Å²) in [6, 6.07) is 1.51. The van der Waals surface area contributed by atoms with Crippen LogP contribution in [0.15, 0.2) is 0 Å². The van der Waals surface area contributed by atoms with Crippen molar-refractivity contribution in [2.45, 2.75) is 65.5 Å². The first-order chi connectivity index (χ1) is 8.58. The van der Waals surface area contributed by atoms with Crippen LogP contribution in [-0.2, 0) is 0 Å². The fourth-order valence-electron chi connectivity index (χ4n) is 3.80. The van der Waals surface area contributed by atoms with Gasteiger partial charge in [-0.25, -0.2) is 0 Å². The van der Waals surface area contributed by atoms with Crippen LogP contribution in [0, 0.1) is 17.8 Å². The average molecular weight is 252 g/mol. The Hall–Kier alpha value is -0.0800. The van der Waals surface area contributed by atoms with Crippen molar-refractivity contribution in [3.05, 3.63) is 0 Å². The highest BCUT2D eigenvalue weighted by Gasteiger charge is 2.35. The van der Waals surface area contributed by atoms with Crippen LogP contribution in [0.4, 0.5) is 0 Å². The zero-order valence-electron chi connectivity index (χ0n) is 12.8. The van der Waals surface area contributed by atoms with E-state index in [1.807, 2.05) is 0 Å². The first kappa shape index (κ1) is 14.3. The average Bonchev–Trinajstić information content (AvgIpc) is 2.78. The van der Waals surface area contributed by atoms with Crippen LogP contribution in [-0.4, -0.2) is 36.6 Å². The molecule has 2 rings (SSSR count). The highest BCUT2D eigenvalue weighted by Crippen LogP contribution is 2.35. The van der Waals surface area contributed by atoms with Gasteiger partial charge in [0.1, 0.15) is 0 Å². The lowest BCUT2D eigenvalue weighted by Gasteiger charge is -2.40. The van der Waals surface area contributed by atoms with Crippen LogP contribution >= 0.6 is 0 Å². The van der Waals surface area contributed by atoms with E-state index in [0.29, 0.717) is 6.04 Å². The van der Waals surface area contributed by atoms with Crippen molar-refractivity contribution in [1.29, 1.82) is 0 Å². The summed E-state index contributed by atoms with van der Waals surface area (Å²) < 4.78 is 0. The van der Waals surface area contributed by atoms with E-state index in [1.54, 1.807) is 0 Å². The smallest absolute Gasteiger partial charge is 0.0123 e. The molecule has 0 amide bonds. The summed E-state index contributed by atoms with van der Waals surface area (Å²) in [6.07, 6.45) is 5.73. The molecule has 0 spiro atoms. The molecule has 1 heterocycles. The van der Waals surface area contributed by atoms with Crippen molar-refractivity contribution in [1.82, 2.24) is 10.2 Å². The van der Waals surface area contributed by atoms with E-state index in [1.165, 1.54) is 45.3 Å².